The fraction of sp³-hybridized carbons (Fsp3) is 0.100. The molecule has 0 aliphatic carbocycles. The molecular weight excluding hydrogens is 230 g/mol. The molecule has 6 heteroatoms. The lowest BCUT2D eigenvalue weighted by atomic mass is 10.2. The molecule has 1 heterocycles. The minimum atomic E-state index is -0.895. The predicted octanol–water partition coefficient (Wildman–Crippen LogP) is 2.13. The normalized spacial score (nSPS) is 11.5. The standard InChI is InChI=1S/C10H9N3O2.ClH/c14-13(15)10(12-7-6-11-8-12)9-4-2-1-3-5-9;/h1-8,10H;1H. The lowest BCUT2D eigenvalue weighted by Crippen LogP contribution is -2.18. The van der Waals surface area contributed by atoms with Crippen LogP contribution in [0.2, 0.25) is 0 Å². The van der Waals surface area contributed by atoms with Crippen molar-refractivity contribution < 1.29 is 4.92 Å². The van der Waals surface area contributed by atoms with Crippen molar-refractivity contribution in [3.05, 3.63) is 64.7 Å². The molecule has 0 saturated carbocycles. The van der Waals surface area contributed by atoms with Gasteiger partial charge in [0.2, 0.25) is 0 Å². The highest BCUT2D eigenvalue weighted by Gasteiger charge is 2.23. The summed E-state index contributed by atoms with van der Waals surface area (Å²) in [5.41, 5.74) is 0.639. The van der Waals surface area contributed by atoms with Crippen LogP contribution >= 0.6 is 12.4 Å². The Hall–Kier alpha value is -1.88. The SMILES string of the molecule is Cl.O=[N+]([O-])C(c1ccccc1)n1ccnc1. The van der Waals surface area contributed by atoms with Crippen LogP contribution in [0, 0.1) is 10.1 Å². The smallest absolute Gasteiger partial charge is 0.270 e. The molecule has 5 nitrogen and oxygen atoms in total. The average Bonchev–Trinajstić information content (AvgIpc) is 2.72. The van der Waals surface area contributed by atoms with Crippen LogP contribution in [-0.2, 0) is 0 Å². The highest BCUT2D eigenvalue weighted by molar-refractivity contribution is 5.85. The largest absolute Gasteiger partial charge is 0.317 e. The zero-order chi connectivity index (χ0) is 10.7. The molecule has 0 radical (unpaired) electrons. The van der Waals surface area contributed by atoms with Crippen LogP contribution in [-0.4, -0.2) is 14.5 Å². The predicted molar refractivity (Wildman–Crippen MR) is 61.1 cm³/mol. The summed E-state index contributed by atoms with van der Waals surface area (Å²) in [6, 6.07) is 8.85. The Morgan fingerprint density at radius 1 is 1.31 bits per heavy atom. The second-order valence-electron chi connectivity index (χ2n) is 3.08. The summed E-state index contributed by atoms with van der Waals surface area (Å²) < 4.78 is 1.47. The Balaban J connectivity index is 0.00000128. The molecule has 1 aromatic carbocycles. The summed E-state index contributed by atoms with van der Waals surface area (Å²) in [7, 11) is 0. The fourth-order valence-electron chi connectivity index (χ4n) is 1.44. The molecule has 1 atom stereocenters. The molecule has 0 amide bonds. The van der Waals surface area contributed by atoms with Gasteiger partial charge in [0.15, 0.2) is 0 Å². The number of benzene rings is 1. The van der Waals surface area contributed by atoms with Crippen LogP contribution in [0.3, 0.4) is 0 Å². The molecule has 2 aromatic rings. The third-order valence-corrected chi connectivity index (χ3v) is 2.10. The summed E-state index contributed by atoms with van der Waals surface area (Å²) in [6.07, 6.45) is 3.66. The molecule has 0 fully saturated rings. The van der Waals surface area contributed by atoms with Crippen LogP contribution in [0.5, 0.6) is 0 Å². The molecule has 1 unspecified atom stereocenters. The first-order valence-corrected chi connectivity index (χ1v) is 4.45. The number of nitro groups is 1. The van der Waals surface area contributed by atoms with E-state index in [1.54, 1.807) is 30.5 Å². The van der Waals surface area contributed by atoms with Crippen LogP contribution in [0.25, 0.3) is 0 Å². The van der Waals surface area contributed by atoms with Crippen molar-refractivity contribution in [2.45, 2.75) is 6.17 Å². The Bertz CT molecular complexity index is 444. The lowest BCUT2D eigenvalue weighted by molar-refractivity contribution is -0.535. The molecule has 0 spiro atoms. The average molecular weight is 240 g/mol. The van der Waals surface area contributed by atoms with Gasteiger partial charge in [-0.15, -0.1) is 12.4 Å². The van der Waals surface area contributed by atoms with E-state index in [9.17, 15) is 10.1 Å². The topological polar surface area (TPSA) is 61.0 Å². The van der Waals surface area contributed by atoms with E-state index in [1.165, 1.54) is 17.1 Å². The van der Waals surface area contributed by atoms with Crippen molar-refractivity contribution in [1.29, 1.82) is 0 Å². The first kappa shape index (κ1) is 12.2. The summed E-state index contributed by atoms with van der Waals surface area (Å²) in [4.78, 5) is 14.4. The quantitative estimate of drug-likeness (QED) is 0.609. The van der Waals surface area contributed by atoms with E-state index in [0.29, 0.717) is 5.56 Å². The molecule has 0 N–H and O–H groups in total. The van der Waals surface area contributed by atoms with Gasteiger partial charge in [-0.1, -0.05) is 30.3 Å². The molecule has 16 heavy (non-hydrogen) atoms. The summed E-state index contributed by atoms with van der Waals surface area (Å²) in [6.45, 7) is 0. The second kappa shape index (κ2) is 5.27. The van der Waals surface area contributed by atoms with Crippen LogP contribution in [0.15, 0.2) is 49.1 Å². The summed E-state index contributed by atoms with van der Waals surface area (Å²) in [5, 5.41) is 11.0. The van der Waals surface area contributed by atoms with Crippen LogP contribution in [0.4, 0.5) is 0 Å². The number of hydrogen-bond acceptors (Lipinski definition) is 3. The summed E-state index contributed by atoms with van der Waals surface area (Å²) in [5.74, 6) is 0. The molecule has 84 valence electrons. The second-order valence-corrected chi connectivity index (χ2v) is 3.08. The van der Waals surface area contributed by atoms with Gasteiger partial charge in [0.1, 0.15) is 6.33 Å². The van der Waals surface area contributed by atoms with Gasteiger partial charge in [0.25, 0.3) is 0 Å². The molecule has 0 saturated heterocycles. The van der Waals surface area contributed by atoms with Gasteiger partial charge in [-0.05, 0) is 0 Å². The third kappa shape index (κ3) is 2.38. The lowest BCUT2D eigenvalue weighted by Gasteiger charge is -2.09. The van der Waals surface area contributed by atoms with E-state index in [2.05, 4.69) is 4.98 Å². The number of halogens is 1. The zero-order valence-electron chi connectivity index (χ0n) is 8.26. The molecule has 0 aliphatic heterocycles. The van der Waals surface area contributed by atoms with Gasteiger partial charge >= 0.3 is 6.17 Å². The van der Waals surface area contributed by atoms with Crippen molar-refractivity contribution >= 4 is 12.4 Å². The highest BCUT2D eigenvalue weighted by Crippen LogP contribution is 2.17. The fourth-order valence-corrected chi connectivity index (χ4v) is 1.44. The minimum Gasteiger partial charge on any atom is -0.270 e. The molecular formula is C10H10ClN3O2. The highest BCUT2D eigenvalue weighted by atomic mass is 35.5. The van der Waals surface area contributed by atoms with Crippen LogP contribution < -0.4 is 0 Å². The first-order chi connectivity index (χ1) is 7.29. The number of aromatic nitrogens is 2. The first-order valence-electron chi connectivity index (χ1n) is 4.45. The summed E-state index contributed by atoms with van der Waals surface area (Å²) >= 11 is 0. The Morgan fingerprint density at radius 2 is 2.00 bits per heavy atom. The van der Waals surface area contributed by atoms with Crippen LogP contribution in [0.1, 0.15) is 11.7 Å². The zero-order valence-corrected chi connectivity index (χ0v) is 9.08. The minimum absolute atomic E-state index is 0. The number of rotatable bonds is 3. The van der Waals surface area contributed by atoms with Crippen molar-refractivity contribution in [3.8, 4) is 0 Å². The van der Waals surface area contributed by atoms with E-state index in [-0.39, 0.29) is 17.3 Å². The van der Waals surface area contributed by atoms with E-state index in [4.69, 9.17) is 0 Å². The molecule has 0 aliphatic rings. The maximum Gasteiger partial charge on any atom is 0.317 e. The van der Waals surface area contributed by atoms with Gasteiger partial charge in [-0.25, -0.2) is 4.98 Å². The van der Waals surface area contributed by atoms with Gasteiger partial charge < -0.3 is 0 Å². The van der Waals surface area contributed by atoms with Gasteiger partial charge in [-0.3, -0.25) is 14.7 Å². The van der Waals surface area contributed by atoms with E-state index >= 15 is 0 Å². The van der Waals surface area contributed by atoms with Gasteiger partial charge in [0.05, 0.1) is 4.92 Å². The van der Waals surface area contributed by atoms with Crippen molar-refractivity contribution in [2.75, 3.05) is 0 Å². The maximum atomic E-state index is 11.0. The number of hydrogen-bond donors (Lipinski definition) is 0. The van der Waals surface area contributed by atoms with Crippen molar-refractivity contribution in [3.63, 3.8) is 0 Å². The van der Waals surface area contributed by atoms with Crippen molar-refractivity contribution in [1.82, 2.24) is 9.55 Å². The van der Waals surface area contributed by atoms with E-state index < -0.39 is 6.17 Å². The maximum absolute atomic E-state index is 11.0. The molecule has 0 bridgehead atoms. The Labute approximate surface area is 98.3 Å². The Morgan fingerprint density at radius 3 is 2.50 bits per heavy atom. The Kier molecular flexibility index (Phi) is 4.02. The number of imidazole rings is 1. The van der Waals surface area contributed by atoms with Gasteiger partial charge in [-0.2, -0.15) is 0 Å². The third-order valence-electron chi connectivity index (χ3n) is 2.10. The van der Waals surface area contributed by atoms with Crippen molar-refractivity contribution in [2.24, 2.45) is 0 Å². The monoisotopic (exact) mass is 239 g/mol. The van der Waals surface area contributed by atoms with Gasteiger partial charge in [0, 0.05) is 18.0 Å². The molecule has 2 rings (SSSR count). The van der Waals surface area contributed by atoms with E-state index in [0.717, 1.165) is 0 Å². The molecule has 1 aromatic heterocycles. The van der Waals surface area contributed by atoms with E-state index in [1.807, 2.05) is 6.07 Å². The number of nitrogens with zero attached hydrogens (tertiary/aromatic N) is 3.